The maximum atomic E-state index is 13.0. The second-order valence-electron chi connectivity index (χ2n) is 12.6. The maximum absolute atomic E-state index is 13.0. The molecule has 52 heavy (non-hydrogen) atoms. The highest BCUT2D eigenvalue weighted by atomic mass is 32.2. The van der Waals surface area contributed by atoms with E-state index in [1.165, 1.54) is 16.7 Å². The molecule has 1 aromatic heterocycles. The van der Waals surface area contributed by atoms with Gasteiger partial charge in [-0.15, -0.1) is 5.10 Å². The van der Waals surface area contributed by atoms with Gasteiger partial charge in [-0.25, -0.2) is 0 Å². The van der Waals surface area contributed by atoms with Crippen molar-refractivity contribution in [1.82, 2.24) is 25.1 Å². The largest absolute Gasteiger partial charge is 0.508 e. The van der Waals surface area contributed by atoms with Crippen molar-refractivity contribution in [3.05, 3.63) is 155 Å². The third kappa shape index (κ3) is 6.84. The molecule has 0 saturated carbocycles. The van der Waals surface area contributed by atoms with Crippen LogP contribution in [0.1, 0.15) is 61.8 Å². The number of aliphatic hydroxyl groups is 1. The predicted molar refractivity (Wildman–Crippen MR) is 192 cm³/mol. The zero-order chi connectivity index (χ0) is 35.6. The number of phenolic OH excluding ortho intramolecular Hbond substituents is 1. The summed E-state index contributed by atoms with van der Waals surface area (Å²) in [5.41, 5.74) is 7.03. The molecule has 2 aliphatic rings. The Morgan fingerprint density at radius 2 is 1.46 bits per heavy atom. The van der Waals surface area contributed by atoms with Crippen LogP contribution < -0.4 is 0 Å². The highest BCUT2D eigenvalue weighted by molar-refractivity contribution is 7.99. The van der Waals surface area contributed by atoms with Crippen LogP contribution in [0.25, 0.3) is 16.8 Å². The van der Waals surface area contributed by atoms with Gasteiger partial charge in [0, 0.05) is 17.7 Å². The molecule has 8 rings (SSSR count). The van der Waals surface area contributed by atoms with Crippen molar-refractivity contribution < 1.29 is 29.3 Å². The summed E-state index contributed by atoms with van der Waals surface area (Å²) in [6, 6.07) is 37.2. The summed E-state index contributed by atoms with van der Waals surface area (Å²) in [5.74, 6) is 0.157. The van der Waals surface area contributed by atoms with Crippen molar-refractivity contribution in [2.24, 2.45) is 0 Å². The van der Waals surface area contributed by atoms with Crippen LogP contribution in [0, 0.1) is 0 Å². The number of aromatic hydroxyl groups is 1. The number of amides is 2. The van der Waals surface area contributed by atoms with Crippen LogP contribution in [0.5, 0.6) is 5.75 Å². The first kappa shape index (κ1) is 33.5. The number of imide groups is 1. The van der Waals surface area contributed by atoms with Gasteiger partial charge in [0.05, 0.1) is 42.2 Å². The van der Waals surface area contributed by atoms with Crippen LogP contribution in [0.15, 0.2) is 126 Å². The molecule has 0 bridgehead atoms. The summed E-state index contributed by atoms with van der Waals surface area (Å²) in [6.07, 6.45) is -0.525. The van der Waals surface area contributed by atoms with Crippen LogP contribution in [0.2, 0.25) is 0 Å². The van der Waals surface area contributed by atoms with E-state index in [9.17, 15) is 19.8 Å². The second kappa shape index (κ2) is 14.5. The number of thioether (sulfide) groups is 1. The van der Waals surface area contributed by atoms with Crippen molar-refractivity contribution in [1.29, 1.82) is 0 Å². The number of aromatic nitrogens is 4. The maximum Gasteiger partial charge on any atom is 0.261 e. The van der Waals surface area contributed by atoms with Crippen LogP contribution >= 0.6 is 11.8 Å². The number of fused-ring (bicyclic) bond motifs is 1. The molecule has 0 unspecified atom stereocenters. The van der Waals surface area contributed by atoms with Crippen LogP contribution in [-0.2, 0) is 22.6 Å². The topological polar surface area (TPSA) is 140 Å². The van der Waals surface area contributed by atoms with E-state index in [1.807, 2.05) is 72.8 Å². The Morgan fingerprint density at radius 1 is 0.750 bits per heavy atom. The van der Waals surface area contributed by atoms with Gasteiger partial charge in [-0.05, 0) is 80.7 Å². The van der Waals surface area contributed by atoms with E-state index >= 15 is 0 Å². The van der Waals surface area contributed by atoms with Gasteiger partial charge in [0.1, 0.15) is 5.75 Å². The van der Waals surface area contributed by atoms with E-state index in [2.05, 4.69) is 15.5 Å². The third-order valence-corrected chi connectivity index (χ3v) is 10.3. The number of nitrogens with zero attached hydrogens (tertiary/aromatic N) is 5. The SMILES string of the molecule is O=C1c2ccccc2C(=O)N1Cc1cccc(-c2ccc([C@H]3O[C@@H](CSc4nnnn4-c4ccc(O)cc4)C[C@@H](c4ccc(CO)cc4)O3)cc2)c1. The van der Waals surface area contributed by atoms with Crippen molar-refractivity contribution >= 4 is 23.6 Å². The van der Waals surface area contributed by atoms with Gasteiger partial charge in [0.25, 0.3) is 11.8 Å². The molecule has 3 heterocycles. The molecule has 12 heteroatoms. The van der Waals surface area contributed by atoms with Crippen LogP contribution in [0.3, 0.4) is 0 Å². The molecular weight excluding hydrogens is 679 g/mol. The van der Waals surface area contributed by atoms with Crippen LogP contribution in [-0.4, -0.2) is 59.0 Å². The molecule has 2 N–H and O–H groups in total. The minimum absolute atomic E-state index is 0.0371. The molecule has 1 saturated heterocycles. The molecule has 0 spiro atoms. The molecular formula is C40H33N5O6S. The summed E-state index contributed by atoms with van der Waals surface area (Å²) in [4.78, 5) is 27.2. The van der Waals surface area contributed by atoms with Gasteiger partial charge in [-0.1, -0.05) is 90.6 Å². The average molecular weight is 712 g/mol. The number of benzene rings is 5. The monoisotopic (exact) mass is 711 g/mol. The van der Waals surface area contributed by atoms with E-state index in [0.29, 0.717) is 28.5 Å². The first-order chi connectivity index (χ1) is 25.4. The summed E-state index contributed by atoms with van der Waals surface area (Å²) in [7, 11) is 0. The van der Waals surface area contributed by atoms with Gasteiger partial charge in [-0.3, -0.25) is 14.5 Å². The van der Waals surface area contributed by atoms with Crippen LogP contribution in [0.4, 0.5) is 0 Å². The first-order valence-electron chi connectivity index (χ1n) is 16.8. The van der Waals surface area contributed by atoms with Gasteiger partial charge in [0.15, 0.2) is 6.29 Å². The number of phenols is 1. The van der Waals surface area contributed by atoms with Crippen molar-refractivity contribution in [2.75, 3.05) is 5.75 Å². The smallest absolute Gasteiger partial charge is 0.261 e. The molecule has 6 aromatic rings. The molecule has 11 nitrogen and oxygen atoms in total. The fourth-order valence-corrected chi connectivity index (χ4v) is 7.37. The first-order valence-corrected chi connectivity index (χ1v) is 17.8. The Morgan fingerprint density at radius 3 is 2.17 bits per heavy atom. The van der Waals surface area contributed by atoms with Gasteiger partial charge < -0.3 is 19.7 Å². The number of ether oxygens (including phenoxy) is 2. The summed E-state index contributed by atoms with van der Waals surface area (Å²) < 4.78 is 14.7. The zero-order valence-electron chi connectivity index (χ0n) is 27.8. The quantitative estimate of drug-likeness (QED) is 0.117. The van der Waals surface area contributed by atoms with Gasteiger partial charge >= 0.3 is 0 Å². The minimum Gasteiger partial charge on any atom is -0.508 e. The van der Waals surface area contributed by atoms with Crippen molar-refractivity contribution in [3.63, 3.8) is 0 Å². The summed E-state index contributed by atoms with van der Waals surface area (Å²) >= 11 is 1.47. The number of carbonyl (C=O) groups is 2. The Balaban J connectivity index is 0.995. The number of hydrogen-bond acceptors (Lipinski definition) is 10. The molecule has 0 radical (unpaired) electrons. The Bertz CT molecular complexity index is 2190. The Labute approximate surface area is 303 Å². The van der Waals surface area contributed by atoms with E-state index in [1.54, 1.807) is 53.2 Å². The fraction of sp³-hybridized carbons (Fsp3) is 0.175. The van der Waals surface area contributed by atoms with E-state index < -0.39 is 6.29 Å². The number of aliphatic hydroxyl groups excluding tert-OH is 1. The molecule has 2 aliphatic heterocycles. The molecule has 260 valence electrons. The number of hydrogen-bond donors (Lipinski definition) is 2. The average Bonchev–Trinajstić information content (AvgIpc) is 3.76. The molecule has 2 amide bonds. The van der Waals surface area contributed by atoms with Gasteiger partial charge in [-0.2, -0.15) is 4.68 Å². The molecule has 1 fully saturated rings. The fourth-order valence-electron chi connectivity index (χ4n) is 6.46. The lowest BCUT2D eigenvalue weighted by Crippen LogP contribution is -2.31. The van der Waals surface area contributed by atoms with E-state index in [4.69, 9.17) is 9.47 Å². The standard InChI is InChI=1S/C40H33N5O6S/c46-23-25-8-10-28(11-9-25)36-21-33(24-52-40-41-42-43-45(40)31-16-18-32(47)19-17-31)50-39(51-36)29-14-12-27(13-15-29)30-5-3-4-26(20-30)22-44-37(48)34-6-1-2-7-35(34)38(44)49/h1-20,33,36,39,46-47H,21-24H2/t33-,36+,39+/m1/s1. The number of tetrazole rings is 1. The normalized spacial score (nSPS) is 18.5. The highest BCUT2D eigenvalue weighted by Gasteiger charge is 2.35. The number of rotatable bonds is 10. The lowest BCUT2D eigenvalue weighted by Gasteiger charge is -2.36. The van der Waals surface area contributed by atoms with E-state index in [-0.39, 0.29) is 42.9 Å². The molecule has 3 atom stereocenters. The number of carbonyl (C=O) groups excluding carboxylic acids is 2. The lowest BCUT2D eigenvalue weighted by atomic mass is 9.99. The van der Waals surface area contributed by atoms with Gasteiger partial charge in [0.2, 0.25) is 5.16 Å². The van der Waals surface area contributed by atoms with E-state index in [0.717, 1.165) is 39.1 Å². The Kier molecular flexibility index (Phi) is 9.35. The van der Waals surface area contributed by atoms with Crippen molar-refractivity contribution in [2.45, 2.75) is 43.2 Å². The summed E-state index contributed by atoms with van der Waals surface area (Å²) in [5, 5.41) is 32.1. The Hall–Kier alpha value is -5.66. The molecule has 5 aromatic carbocycles. The van der Waals surface area contributed by atoms with Crippen molar-refractivity contribution in [3.8, 4) is 22.6 Å². The summed E-state index contributed by atoms with van der Waals surface area (Å²) in [6.45, 7) is 0.147. The second-order valence-corrected chi connectivity index (χ2v) is 13.6. The highest BCUT2D eigenvalue weighted by Crippen LogP contribution is 2.40. The third-order valence-electron chi connectivity index (χ3n) is 9.21. The predicted octanol–water partition coefficient (Wildman–Crippen LogP) is 6.66. The molecule has 0 aliphatic carbocycles. The minimum atomic E-state index is -0.649. The lowest BCUT2D eigenvalue weighted by molar-refractivity contribution is -0.245. The zero-order valence-corrected chi connectivity index (χ0v) is 28.6.